The van der Waals surface area contributed by atoms with Gasteiger partial charge in [0.1, 0.15) is 5.54 Å². The lowest BCUT2D eigenvalue weighted by Gasteiger charge is -2.36. The lowest BCUT2D eigenvalue weighted by Crippen LogP contribution is -2.60. The zero-order chi connectivity index (χ0) is 12.3. The van der Waals surface area contributed by atoms with Crippen molar-refractivity contribution in [1.29, 1.82) is 0 Å². The molecule has 1 heterocycles. The molecule has 1 rings (SSSR count). The number of amides is 1. The summed E-state index contributed by atoms with van der Waals surface area (Å²) < 4.78 is 4.81. The Morgan fingerprint density at radius 1 is 1.56 bits per heavy atom. The molecule has 1 unspecified atom stereocenters. The minimum atomic E-state index is -1.37. The Balaban J connectivity index is 2.67. The van der Waals surface area contributed by atoms with Gasteiger partial charge < -0.3 is 20.5 Å². The number of hydrogen-bond acceptors (Lipinski definition) is 4. The van der Waals surface area contributed by atoms with Gasteiger partial charge in [0.15, 0.2) is 0 Å². The Morgan fingerprint density at radius 3 is 2.69 bits per heavy atom. The molecule has 0 saturated carbocycles. The molecule has 0 radical (unpaired) electrons. The number of likely N-dealkylation sites (tertiary alicyclic amines) is 1. The van der Waals surface area contributed by atoms with E-state index in [1.54, 1.807) is 6.92 Å². The SMILES string of the molecule is C=C(C)OC(=O)N1CCCC(N)(C(=O)O)C1. The Hall–Kier alpha value is -1.56. The largest absolute Gasteiger partial charge is 0.480 e. The van der Waals surface area contributed by atoms with E-state index in [-0.39, 0.29) is 12.3 Å². The first-order valence-corrected chi connectivity index (χ1v) is 5.00. The van der Waals surface area contributed by atoms with Gasteiger partial charge in [-0.05, 0) is 19.8 Å². The molecule has 0 aromatic rings. The fourth-order valence-corrected chi connectivity index (χ4v) is 1.63. The highest BCUT2D eigenvalue weighted by molar-refractivity contribution is 5.80. The highest BCUT2D eigenvalue weighted by Gasteiger charge is 2.40. The highest BCUT2D eigenvalue weighted by atomic mass is 16.6. The zero-order valence-electron chi connectivity index (χ0n) is 9.23. The summed E-state index contributed by atoms with van der Waals surface area (Å²) in [7, 11) is 0. The van der Waals surface area contributed by atoms with Gasteiger partial charge in [0, 0.05) is 6.54 Å². The van der Waals surface area contributed by atoms with E-state index in [0.29, 0.717) is 19.4 Å². The predicted molar refractivity (Wildman–Crippen MR) is 56.7 cm³/mol. The summed E-state index contributed by atoms with van der Waals surface area (Å²) in [6.45, 7) is 5.42. The van der Waals surface area contributed by atoms with Gasteiger partial charge in [-0.15, -0.1) is 0 Å². The van der Waals surface area contributed by atoms with Crippen molar-refractivity contribution < 1.29 is 19.4 Å². The van der Waals surface area contributed by atoms with Gasteiger partial charge in [-0.25, -0.2) is 4.79 Å². The Morgan fingerprint density at radius 2 is 2.19 bits per heavy atom. The number of allylic oxidation sites excluding steroid dienone is 1. The van der Waals surface area contributed by atoms with E-state index in [4.69, 9.17) is 15.6 Å². The van der Waals surface area contributed by atoms with E-state index in [2.05, 4.69) is 6.58 Å². The molecule has 0 bridgehead atoms. The number of carboxylic acids is 1. The van der Waals surface area contributed by atoms with Crippen molar-refractivity contribution in [3.05, 3.63) is 12.3 Å². The first-order valence-electron chi connectivity index (χ1n) is 5.00. The number of ether oxygens (including phenoxy) is 1. The van der Waals surface area contributed by atoms with Crippen molar-refractivity contribution >= 4 is 12.1 Å². The van der Waals surface area contributed by atoms with Gasteiger partial charge in [0.25, 0.3) is 0 Å². The third-order valence-corrected chi connectivity index (χ3v) is 2.47. The average Bonchev–Trinajstić information content (AvgIpc) is 2.16. The highest BCUT2D eigenvalue weighted by Crippen LogP contribution is 2.20. The molecule has 6 nitrogen and oxygen atoms in total. The van der Waals surface area contributed by atoms with Crippen LogP contribution in [0.2, 0.25) is 0 Å². The molecule has 1 aliphatic heterocycles. The van der Waals surface area contributed by atoms with E-state index in [0.717, 1.165) is 0 Å². The second-order valence-electron chi connectivity index (χ2n) is 4.06. The minimum absolute atomic E-state index is 0.0333. The molecule has 90 valence electrons. The summed E-state index contributed by atoms with van der Waals surface area (Å²) in [6, 6.07) is 0. The van der Waals surface area contributed by atoms with Crippen LogP contribution in [-0.4, -0.2) is 40.7 Å². The maximum absolute atomic E-state index is 11.5. The van der Waals surface area contributed by atoms with E-state index in [1.165, 1.54) is 4.90 Å². The fraction of sp³-hybridized carbons (Fsp3) is 0.600. The molecule has 3 N–H and O–H groups in total. The van der Waals surface area contributed by atoms with Crippen molar-refractivity contribution in [2.75, 3.05) is 13.1 Å². The first kappa shape index (κ1) is 12.5. The smallest absolute Gasteiger partial charge is 0.414 e. The first-order chi connectivity index (χ1) is 7.35. The normalized spacial score (nSPS) is 25.0. The predicted octanol–water partition coefficient (Wildman–Crippen LogP) is 0.534. The average molecular weight is 228 g/mol. The number of hydrogen-bond donors (Lipinski definition) is 2. The van der Waals surface area contributed by atoms with Crippen LogP contribution in [-0.2, 0) is 9.53 Å². The third kappa shape index (κ3) is 2.73. The van der Waals surface area contributed by atoms with Crippen molar-refractivity contribution in [2.24, 2.45) is 5.73 Å². The zero-order valence-corrected chi connectivity index (χ0v) is 9.23. The Kier molecular flexibility index (Phi) is 3.54. The summed E-state index contributed by atoms with van der Waals surface area (Å²) >= 11 is 0. The van der Waals surface area contributed by atoms with Crippen LogP contribution < -0.4 is 5.73 Å². The summed E-state index contributed by atoms with van der Waals surface area (Å²) in [5.41, 5.74) is 4.32. The van der Waals surface area contributed by atoms with Crippen LogP contribution in [0.25, 0.3) is 0 Å². The summed E-state index contributed by atoms with van der Waals surface area (Å²) in [6.07, 6.45) is 0.316. The number of carbonyl (C=O) groups excluding carboxylic acids is 1. The topological polar surface area (TPSA) is 92.9 Å². The number of piperidine rings is 1. The molecule has 1 saturated heterocycles. The molecule has 0 spiro atoms. The molecule has 6 heteroatoms. The molecule has 16 heavy (non-hydrogen) atoms. The van der Waals surface area contributed by atoms with Crippen LogP contribution in [0.3, 0.4) is 0 Å². The Bertz CT molecular complexity index is 329. The summed E-state index contributed by atoms with van der Waals surface area (Å²) in [5.74, 6) is -0.825. The van der Waals surface area contributed by atoms with Crippen LogP contribution in [0, 0.1) is 0 Å². The molecule has 1 aliphatic rings. The van der Waals surface area contributed by atoms with Gasteiger partial charge in [-0.2, -0.15) is 0 Å². The van der Waals surface area contributed by atoms with Crippen molar-refractivity contribution in [2.45, 2.75) is 25.3 Å². The van der Waals surface area contributed by atoms with Gasteiger partial charge in [0.05, 0.1) is 12.3 Å². The monoisotopic (exact) mass is 228 g/mol. The number of aliphatic carboxylic acids is 1. The second-order valence-corrected chi connectivity index (χ2v) is 4.06. The summed E-state index contributed by atoms with van der Waals surface area (Å²) in [4.78, 5) is 23.8. The lowest BCUT2D eigenvalue weighted by atomic mass is 9.90. The quantitative estimate of drug-likeness (QED) is 0.673. The molecule has 0 aliphatic carbocycles. The number of nitrogens with zero attached hydrogens (tertiary/aromatic N) is 1. The number of rotatable bonds is 2. The van der Waals surface area contributed by atoms with Crippen molar-refractivity contribution in [3.63, 3.8) is 0 Å². The van der Waals surface area contributed by atoms with Gasteiger partial charge in [-0.1, -0.05) is 6.58 Å². The summed E-state index contributed by atoms with van der Waals surface area (Å²) in [5, 5.41) is 8.96. The second kappa shape index (κ2) is 4.52. The van der Waals surface area contributed by atoms with E-state index in [1.807, 2.05) is 0 Å². The van der Waals surface area contributed by atoms with E-state index in [9.17, 15) is 9.59 Å². The van der Waals surface area contributed by atoms with Gasteiger partial charge in [-0.3, -0.25) is 4.79 Å². The molecule has 0 aromatic carbocycles. The maximum Gasteiger partial charge on any atom is 0.414 e. The minimum Gasteiger partial charge on any atom is -0.480 e. The standard InChI is InChI=1S/C10H16N2O4/c1-7(2)16-9(15)12-5-3-4-10(11,6-12)8(13)14/h1,3-6,11H2,2H3,(H,13,14). The van der Waals surface area contributed by atoms with Crippen LogP contribution in [0.15, 0.2) is 12.3 Å². The Labute approximate surface area is 93.7 Å². The molecular weight excluding hydrogens is 212 g/mol. The number of nitrogens with two attached hydrogens (primary N) is 1. The van der Waals surface area contributed by atoms with Gasteiger partial charge >= 0.3 is 12.1 Å². The fourth-order valence-electron chi connectivity index (χ4n) is 1.63. The number of carbonyl (C=O) groups is 2. The van der Waals surface area contributed by atoms with Crippen LogP contribution in [0.1, 0.15) is 19.8 Å². The maximum atomic E-state index is 11.5. The van der Waals surface area contributed by atoms with Crippen LogP contribution in [0.5, 0.6) is 0 Å². The van der Waals surface area contributed by atoms with Gasteiger partial charge in [0.2, 0.25) is 0 Å². The number of carboxylic acid groups (broad SMARTS) is 1. The molecule has 1 amide bonds. The van der Waals surface area contributed by atoms with E-state index < -0.39 is 17.6 Å². The van der Waals surface area contributed by atoms with Crippen molar-refractivity contribution in [3.8, 4) is 0 Å². The van der Waals surface area contributed by atoms with E-state index >= 15 is 0 Å². The lowest BCUT2D eigenvalue weighted by molar-refractivity contribution is -0.145. The van der Waals surface area contributed by atoms with Crippen molar-refractivity contribution in [1.82, 2.24) is 4.90 Å². The van der Waals surface area contributed by atoms with Crippen LogP contribution >= 0.6 is 0 Å². The molecule has 1 atom stereocenters. The molecule has 0 aromatic heterocycles. The molecular formula is C10H16N2O4. The van der Waals surface area contributed by atoms with Crippen LogP contribution in [0.4, 0.5) is 4.79 Å². The molecule has 1 fully saturated rings. The third-order valence-electron chi connectivity index (χ3n) is 2.47.